The van der Waals surface area contributed by atoms with Gasteiger partial charge >= 0.3 is 0 Å². The number of nitrogens with one attached hydrogen (secondary N) is 1. The van der Waals surface area contributed by atoms with Crippen LogP contribution in [0, 0.1) is 5.82 Å². The molecule has 0 amide bonds. The Hall–Kier alpha value is -2.20. The first-order chi connectivity index (χ1) is 10.2. The summed E-state index contributed by atoms with van der Waals surface area (Å²) in [6.07, 6.45) is 1.77. The molecule has 0 aliphatic carbocycles. The molecule has 0 saturated carbocycles. The molecule has 0 aliphatic heterocycles. The van der Waals surface area contributed by atoms with Gasteiger partial charge in [0.2, 0.25) is 0 Å². The molecule has 2 aromatic carbocycles. The van der Waals surface area contributed by atoms with Gasteiger partial charge in [0.1, 0.15) is 11.5 Å². The topological polar surface area (TPSA) is 29.9 Å². The number of fused-ring (bicyclic) bond motifs is 1. The van der Waals surface area contributed by atoms with Gasteiger partial charge in [-0.1, -0.05) is 37.3 Å². The highest BCUT2D eigenvalue weighted by Gasteiger charge is 2.17. The van der Waals surface area contributed by atoms with Gasteiger partial charge in [-0.3, -0.25) is 0 Å². The highest BCUT2D eigenvalue weighted by molar-refractivity contribution is 5.80. The highest BCUT2D eigenvalue weighted by Crippen LogP contribution is 2.27. The monoisotopic (exact) mass is 283 g/mol. The van der Waals surface area contributed by atoms with Gasteiger partial charge in [0.05, 0.1) is 11.7 Å². The van der Waals surface area contributed by atoms with Gasteiger partial charge in [-0.2, -0.15) is 5.10 Å². The number of halogens is 1. The van der Waals surface area contributed by atoms with E-state index in [1.165, 1.54) is 6.07 Å². The summed E-state index contributed by atoms with van der Waals surface area (Å²) < 4.78 is 16.1. The van der Waals surface area contributed by atoms with E-state index in [0.717, 1.165) is 23.0 Å². The van der Waals surface area contributed by atoms with E-state index in [1.54, 1.807) is 16.9 Å². The fourth-order valence-corrected chi connectivity index (χ4v) is 2.67. The molecule has 0 radical (unpaired) electrons. The molecular weight excluding hydrogens is 265 g/mol. The van der Waals surface area contributed by atoms with E-state index in [-0.39, 0.29) is 11.9 Å². The molecule has 4 heteroatoms. The van der Waals surface area contributed by atoms with Crippen molar-refractivity contribution in [2.24, 2.45) is 0 Å². The average Bonchev–Trinajstić information content (AvgIpc) is 2.91. The predicted octanol–water partition coefficient (Wildman–Crippen LogP) is 3.84. The number of hydrogen-bond acceptors (Lipinski definition) is 2. The van der Waals surface area contributed by atoms with E-state index in [4.69, 9.17) is 0 Å². The summed E-state index contributed by atoms with van der Waals surface area (Å²) in [6, 6.07) is 13.1. The fourth-order valence-electron chi connectivity index (χ4n) is 2.67. The van der Waals surface area contributed by atoms with Crippen LogP contribution in [0.15, 0.2) is 48.7 Å². The van der Waals surface area contributed by atoms with Gasteiger partial charge in [-0.15, -0.1) is 0 Å². The molecule has 1 aromatic heterocycles. The number of nitrogens with zero attached hydrogens (tertiary/aromatic N) is 2. The first-order valence-corrected chi connectivity index (χ1v) is 7.17. The van der Waals surface area contributed by atoms with Gasteiger partial charge in [0, 0.05) is 11.4 Å². The summed E-state index contributed by atoms with van der Waals surface area (Å²) in [5, 5.41) is 8.71. The number of para-hydroxylation sites is 2. The Labute approximate surface area is 123 Å². The van der Waals surface area contributed by atoms with Crippen LogP contribution in [0.25, 0.3) is 16.6 Å². The first-order valence-electron chi connectivity index (χ1n) is 7.17. The maximum absolute atomic E-state index is 14.5. The molecule has 1 atom stereocenters. The van der Waals surface area contributed by atoms with Gasteiger partial charge < -0.3 is 5.32 Å². The lowest BCUT2D eigenvalue weighted by Crippen LogP contribution is -2.20. The van der Waals surface area contributed by atoms with Crippen LogP contribution in [-0.4, -0.2) is 16.3 Å². The summed E-state index contributed by atoms with van der Waals surface area (Å²) in [5.74, 6) is -0.258. The summed E-state index contributed by atoms with van der Waals surface area (Å²) in [4.78, 5) is 0. The second kappa shape index (κ2) is 5.66. The SMILES string of the molecule is CCNC(C)c1cccc(F)c1-n1ncc2ccccc21. The summed E-state index contributed by atoms with van der Waals surface area (Å²) in [5.41, 5.74) is 2.34. The van der Waals surface area contributed by atoms with Crippen LogP contribution in [0.4, 0.5) is 4.39 Å². The van der Waals surface area contributed by atoms with E-state index < -0.39 is 0 Å². The van der Waals surface area contributed by atoms with Gasteiger partial charge in [-0.25, -0.2) is 9.07 Å². The third-order valence-electron chi connectivity index (χ3n) is 3.68. The van der Waals surface area contributed by atoms with E-state index in [9.17, 15) is 4.39 Å². The van der Waals surface area contributed by atoms with Crippen molar-refractivity contribution in [3.8, 4) is 5.69 Å². The van der Waals surface area contributed by atoms with Crippen molar-refractivity contribution in [1.82, 2.24) is 15.1 Å². The van der Waals surface area contributed by atoms with Gasteiger partial charge in [0.15, 0.2) is 0 Å². The van der Waals surface area contributed by atoms with Crippen LogP contribution in [0.1, 0.15) is 25.5 Å². The molecular formula is C17H18FN3. The number of hydrogen-bond donors (Lipinski definition) is 1. The molecule has 0 bridgehead atoms. The fraction of sp³-hybridized carbons (Fsp3) is 0.235. The van der Waals surface area contributed by atoms with Crippen LogP contribution in [-0.2, 0) is 0 Å². The third kappa shape index (κ3) is 2.43. The smallest absolute Gasteiger partial charge is 0.149 e. The van der Waals surface area contributed by atoms with Gasteiger partial charge in [-0.05, 0) is 31.2 Å². The normalized spacial score (nSPS) is 12.7. The quantitative estimate of drug-likeness (QED) is 0.788. The third-order valence-corrected chi connectivity index (χ3v) is 3.68. The number of benzene rings is 2. The zero-order valence-corrected chi connectivity index (χ0v) is 12.2. The molecule has 0 fully saturated rings. The minimum atomic E-state index is -0.258. The molecule has 0 spiro atoms. The number of aromatic nitrogens is 2. The summed E-state index contributed by atoms with van der Waals surface area (Å²) >= 11 is 0. The lowest BCUT2D eigenvalue weighted by Gasteiger charge is -2.18. The molecule has 3 rings (SSSR count). The zero-order chi connectivity index (χ0) is 14.8. The van der Waals surface area contributed by atoms with Crippen molar-refractivity contribution in [3.05, 3.63) is 60.0 Å². The van der Waals surface area contributed by atoms with Crippen molar-refractivity contribution in [2.45, 2.75) is 19.9 Å². The molecule has 1 N–H and O–H groups in total. The van der Waals surface area contributed by atoms with Crippen LogP contribution >= 0.6 is 0 Å². The number of rotatable bonds is 4. The molecule has 1 heterocycles. The second-order valence-corrected chi connectivity index (χ2v) is 5.07. The Morgan fingerprint density at radius 1 is 1.19 bits per heavy atom. The summed E-state index contributed by atoms with van der Waals surface area (Å²) in [6.45, 7) is 4.91. The first kappa shape index (κ1) is 13.8. The Morgan fingerprint density at radius 2 is 2.00 bits per heavy atom. The standard InChI is InChI=1S/C17H18FN3/c1-3-19-12(2)14-8-6-9-15(18)17(14)21-16-10-5-4-7-13(16)11-20-21/h4-12,19H,3H2,1-2H3. The van der Waals surface area contributed by atoms with Crippen molar-refractivity contribution in [1.29, 1.82) is 0 Å². The molecule has 3 aromatic rings. The maximum atomic E-state index is 14.5. The zero-order valence-electron chi connectivity index (χ0n) is 12.2. The van der Waals surface area contributed by atoms with Crippen LogP contribution in [0.5, 0.6) is 0 Å². The molecule has 0 saturated heterocycles. The van der Waals surface area contributed by atoms with E-state index in [2.05, 4.69) is 10.4 Å². The molecule has 1 unspecified atom stereocenters. The summed E-state index contributed by atoms with van der Waals surface area (Å²) in [7, 11) is 0. The molecule has 108 valence electrons. The van der Waals surface area contributed by atoms with Crippen molar-refractivity contribution < 1.29 is 4.39 Å². The van der Waals surface area contributed by atoms with E-state index in [0.29, 0.717) is 5.69 Å². The Bertz CT molecular complexity index is 764. The lowest BCUT2D eigenvalue weighted by atomic mass is 10.1. The van der Waals surface area contributed by atoms with E-state index in [1.807, 2.05) is 44.2 Å². The largest absolute Gasteiger partial charge is 0.310 e. The molecule has 0 aliphatic rings. The predicted molar refractivity (Wildman–Crippen MR) is 83.1 cm³/mol. The van der Waals surface area contributed by atoms with Crippen molar-refractivity contribution in [2.75, 3.05) is 6.54 Å². The molecule has 3 nitrogen and oxygen atoms in total. The Balaban J connectivity index is 2.22. The van der Waals surface area contributed by atoms with Crippen molar-refractivity contribution in [3.63, 3.8) is 0 Å². The maximum Gasteiger partial charge on any atom is 0.149 e. The average molecular weight is 283 g/mol. The van der Waals surface area contributed by atoms with Crippen molar-refractivity contribution >= 4 is 10.9 Å². The van der Waals surface area contributed by atoms with Crippen LogP contribution < -0.4 is 5.32 Å². The van der Waals surface area contributed by atoms with Crippen LogP contribution in [0.2, 0.25) is 0 Å². The van der Waals surface area contributed by atoms with E-state index >= 15 is 0 Å². The minimum absolute atomic E-state index is 0.0589. The lowest BCUT2D eigenvalue weighted by molar-refractivity contribution is 0.571. The van der Waals surface area contributed by atoms with Crippen LogP contribution in [0.3, 0.4) is 0 Å². The highest BCUT2D eigenvalue weighted by atomic mass is 19.1. The molecule has 21 heavy (non-hydrogen) atoms. The second-order valence-electron chi connectivity index (χ2n) is 5.07. The Morgan fingerprint density at radius 3 is 2.81 bits per heavy atom. The Kier molecular flexibility index (Phi) is 3.71. The van der Waals surface area contributed by atoms with Gasteiger partial charge in [0.25, 0.3) is 0 Å². The minimum Gasteiger partial charge on any atom is -0.310 e.